The summed E-state index contributed by atoms with van der Waals surface area (Å²) >= 11 is 5.60. The number of hydrogen-bond acceptors (Lipinski definition) is 3. The van der Waals surface area contributed by atoms with Crippen LogP contribution in [0.1, 0.15) is 30.8 Å². The Morgan fingerprint density at radius 3 is 2.71 bits per heavy atom. The summed E-state index contributed by atoms with van der Waals surface area (Å²) < 4.78 is 5.02. The van der Waals surface area contributed by atoms with Gasteiger partial charge in [-0.3, -0.25) is 4.79 Å². The van der Waals surface area contributed by atoms with Crippen molar-refractivity contribution in [3.8, 4) is 0 Å². The Kier molecular flexibility index (Phi) is 6.08. The number of amides is 1. The summed E-state index contributed by atoms with van der Waals surface area (Å²) in [5, 5.41) is 3.04. The molecule has 0 aliphatic heterocycles. The Bertz CT molecular complexity index is 352. The fraction of sp³-hybridized carbons (Fsp3) is 0.583. The first-order valence-electron chi connectivity index (χ1n) is 5.93. The van der Waals surface area contributed by atoms with Crippen LogP contribution in [0.5, 0.6) is 0 Å². The summed E-state index contributed by atoms with van der Waals surface area (Å²) in [5.41, 5.74) is 0. The van der Waals surface area contributed by atoms with E-state index in [1.54, 1.807) is 12.1 Å². The molecule has 0 bridgehead atoms. The van der Waals surface area contributed by atoms with Gasteiger partial charge >= 0.3 is 0 Å². The molecule has 5 heteroatoms. The lowest BCUT2D eigenvalue weighted by molar-refractivity contribution is 0.0921. The predicted octanol–water partition coefficient (Wildman–Crippen LogP) is 2.39. The third kappa shape index (κ3) is 4.79. The molecule has 1 aromatic heterocycles. The lowest BCUT2D eigenvalue weighted by Gasteiger charge is -2.19. The summed E-state index contributed by atoms with van der Waals surface area (Å²) in [5.74, 6) is 0.0398. The highest BCUT2D eigenvalue weighted by molar-refractivity contribution is 6.29. The first-order chi connectivity index (χ1) is 8.17. The third-order valence-electron chi connectivity index (χ3n) is 2.50. The molecule has 1 rings (SSSR count). The number of carbonyl (C=O) groups excluding carboxylic acids is 1. The molecular weight excluding hydrogens is 240 g/mol. The summed E-state index contributed by atoms with van der Waals surface area (Å²) in [6, 6.07) is 3.13. The largest absolute Gasteiger partial charge is 0.440 e. The molecule has 0 spiro atoms. The Labute approximate surface area is 107 Å². The van der Waals surface area contributed by atoms with E-state index in [9.17, 15) is 4.79 Å². The average molecular weight is 259 g/mol. The highest BCUT2D eigenvalue weighted by atomic mass is 35.5. The number of rotatable bonds is 7. The van der Waals surface area contributed by atoms with Gasteiger partial charge in [0.2, 0.25) is 0 Å². The molecular formula is C12H19ClN2O2. The third-order valence-corrected chi connectivity index (χ3v) is 2.70. The molecule has 0 aromatic carbocycles. The van der Waals surface area contributed by atoms with E-state index in [1.165, 1.54) is 0 Å². The molecule has 17 heavy (non-hydrogen) atoms. The van der Waals surface area contributed by atoms with Crippen LogP contribution in [0.25, 0.3) is 0 Å². The number of nitrogens with zero attached hydrogens (tertiary/aromatic N) is 1. The van der Waals surface area contributed by atoms with Gasteiger partial charge in [0.15, 0.2) is 11.0 Å². The van der Waals surface area contributed by atoms with Crippen molar-refractivity contribution in [3.05, 3.63) is 23.1 Å². The number of hydrogen-bond donors (Lipinski definition) is 1. The van der Waals surface area contributed by atoms with Crippen molar-refractivity contribution in [2.45, 2.75) is 20.3 Å². The van der Waals surface area contributed by atoms with Crippen molar-refractivity contribution in [1.29, 1.82) is 0 Å². The first kappa shape index (κ1) is 14.1. The Hall–Kier alpha value is -1.00. The minimum atomic E-state index is -0.218. The molecule has 1 heterocycles. The van der Waals surface area contributed by atoms with E-state index >= 15 is 0 Å². The van der Waals surface area contributed by atoms with Crippen LogP contribution in [-0.4, -0.2) is 37.0 Å². The predicted molar refractivity (Wildman–Crippen MR) is 68.5 cm³/mol. The van der Waals surface area contributed by atoms with Crippen LogP contribution in [0.15, 0.2) is 16.5 Å². The molecule has 0 atom stereocenters. The Balaban J connectivity index is 2.28. The highest BCUT2D eigenvalue weighted by Crippen LogP contribution is 2.12. The van der Waals surface area contributed by atoms with E-state index < -0.39 is 0 Å². The topological polar surface area (TPSA) is 45.5 Å². The molecule has 0 fully saturated rings. The summed E-state index contributed by atoms with van der Waals surface area (Å²) in [4.78, 5) is 13.9. The number of nitrogens with one attached hydrogen (secondary N) is 1. The summed E-state index contributed by atoms with van der Waals surface area (Å²) in [6.07, 6.45) is 1.12. The smallest absolute Gasteiger partial charge is 0.287 e. The van der Waals surface area contributed by atoms with Gasteiger partial charge in [0.05, 0.1) is 0 Å². The number of furan rings is 1. The minimum absolute atomic E-state index is 0.218. The van der Waals surface area contributed by atoms with E-state index in [0.29, 0.717) is 6.54 Å². The zero-order valence-electron chi connectivity index (χ0n) is 10.3. The van der Waals surface area contributed by atoms with Crippen LogP contribution in [0.2, 0.25) is 5.22 Å². The highest BCUT2D eigenvalue weighted by Gasteiger charge is 2.10. The molecule has 0 unspecified atom stereocenters. The molecule has 0 saturated heterocycles. The Morgan fingerprint density at radius 1 is 1.41 bits per heavy atom. The molecule has 1 amide bonds. The second-order valence-corrected chi connectivity index (χ2v) is 4.17. The van der Waals surface area contributed by atoms with Gasteiger partial charge in [-0.2, -0.15) is 0 Å². The average Bonchev–Trinajstić information content (AvgIpc) is 2.74. The van der Waals surface area contributed by atoms with Crippen LogP contribution in [-0.2, 0) is 0 Å². The maximum atomic E-state index is 11.6. The zero-order valence-corrected chi connectivity index (χ0v) is 11.1. The molecule has 4 nitrogen and oxygen atoms in total. The standard InChI is InChI=1S/C12H19ClN2O2/c1-3-8-15(4-2)9-7-14-12(16)10-5-6-11(13)17-10/h5-6H,3-4,7-9H2,1-2H3,(H,14,16). The quantitative estimate of drug-likeness (QED) is 0.817. The van der Waals surface area contributed by atoms with E-state index in [2.05, 4.69) is 24.1 Å². The van der Waals surface area contributed by atoms with Crippen molar-refractivity contribution < 1.29 is 9.21 Å². The van der Waals surface area contributed by atoms with Crippen molar-refractivity contribution in [3.63, 3.8) is 0 Å². The van der Waals surface area contributed by atoms with E-state index in [1.807, 2.05) is 0 Å². The number of carbonyl (C=O) groups is 1. The number of likely N-dealkylation sites (N-methyl/N-ethyl adjacent to an activating group) is 1. The summed E-state index contributed by atoms with van der Waals surface area (Å²) in [7, 11) is 0. The second-order valence-electron chi connectivity index (χ2n) is 3.79. The van der Waals surface area contributed by atoms with E-state index in [4.69, 9.17) is 16.0 Å². The maximum Gasteiger partial charge on any atom is 0.287 e. The molecule has 0 aliphatic rings. The van der Waals surface area contributed by atoms with Gasteiger partial charge in [-0.05, 0) is 43.2 Å². The first-order valence-corrected chi connectivity index (χ1v) is 6.31. The van der Waals surface area contributed by atoms with E-state index in [-0.39, 0.29) is 16.9 Å². The van der Waals surface area contributed by atoms with Crippen molar-refractivity contribution >= 4 is 17.5 Å². The van der Waals surface area contributed by atoms with Gasteiger partial charge in [-0.25, -0.2) is 0 Å². The lowest BCUT2D eigenvalue weighted by atomic mass is 10.4. The van der Waals surface area contributed by atoms with Gasteiger partial charge in [-0.1, -0.05) is 13.8 Å². The van der Waals surface area contributed by atoms with Gasteiger partial charge in [0.1, 0.15) is 0 Å². The lowest BCUT2D eigenvalue weighted by Crippen LogP contribution is -2.35. The van der Waals surface area contributed by atoms with Crippen LogP contribution < -0.4 is 5.32 Å². The molecule has 1 N–H and O–H groups in total. The van der Waals surface area contributed by atoms with E-state index in [0.717, 1.165) is 26.1 Å². The molecule has 0 aliphatic carbocycles. The normalized spacial score (nSPS) is 10.8. The van der Waals surface area contributed by atoms with Crippen LogP contribution in [0.4, 0.5) is 0 Å². The fourth-order valence-electron chi connectivity index (χ4n) is 1.60. The fourth-order valence-corrected chi connectivity index (χ4v) is 1.74. The van der Waals surface area contributed by atoms with Gasteiger partial charge in [0.25, 0.3) is 5.91 Å². The molecule has 0 radical (unpaired) electrons. The number of halogens is 1. The maximum absolute atomic E-state index is 11.6. The molecule has 0 saturated carbocycles. The van der Waals surface area contributed by atoms with Crippen molar-refractivity contribution in [2.75, 3.05) is 26.2 Å². The van der Waals surface area contributed by atoms with Crippen LogP contribution in [0, 0.1) is 0 Å². The monoisotopic (exact) mass is 258 g/mol. The SMILES string of the molecule is CCCN(CC)CCNC(=O)c1ccc(Cl)o1. The van der Waals surface area contributed by atoms with Gasteiger partial charge in [0, 0.05) is 13.1 Å². The summed E-state index contributed by atoms with van der Waals surface area (Å²) in [6.45, 7) is 7.78. The van der Waals surface area contributed by atoms with Crippen LogP contribution >= 0.6 is 11.6 Å². The minimum Gasteiger partial charge on any atom is -0.440 e. The molecule has 96 valence electrons. The Morgan fingerprint density at radius 2 is 2.18 bits per heavy atom. The van der Waals surface area contributed by atoms with Crippen molar-refractivity contribution in [1.82, 2.24) is 10.2 Å². The van der Waals surface area contributed by atoms with Gasteiger partial charge in [-0.15, -0.1) is 0 Å². The molecule has 1 aromatic rings. The van der Waals surface area contributed by atoms with Crippen LogP contribution in [0.3, 0.4) is 0 Å². The van der Waals surface area contributed by atoms with Gasteiger partial charge < -0.3 is 14.6 Å². The van der Waals surface area contributed by atoms with Crippen molar-refractivity contribution in [2.24, 2.45) is 0 Å². The second kappa shape index (κ2) is 7.35. The zero-order chi connectivity index (χ0) is 12.7.